The molecule has 0 heterocycles. The van der Waals surface area contributed by atoms with Crippen molar-refractivity contribution in [2.24, 2.45) is 0 Å². The van der Waals surface area contributed by atoms with Crippen LogP contribution in [0.2, 0.25) is 5.02 Å². The summed E-state index contributed by atoms with van der Waals surface area (Å²) in [6, 6.07) is 13.0. The minimum absolute atomic E-state index is 0.195. The van der Waals surface area contributed by atoms with E-state index in [1.165, 1.54) is 6.07 Å². The third kappa shape index (κ3) is 3.86. The molecule has 0 saturated carbocycles. The van der Waals surface area contributed by atoms with Crippen molar-refractivity contribution in [1.29, 1.82) is 0 Å². The third-order valence-corrected chi connectivity index (χ3v) is 3.51. The van der Waals surface area contributed by atoms with Gasteiger partial charge in [0, 0.05) is 10.6 Å². The quantitative estimate of drug-likeness (QED) is 0.631. The molecule has 0 aromatic heterocycles. The molecule has 0 atom stereocenters. The molecule has 114 valence electrons. The van der Waals surface area contributed by atoms with E-state index in [1.807, 2.05) is 0 Å². The molecule has 0 fully saturated rings. The van der Waals surface area contributed by atoms with Crippen LogP contribution in [0.3, 0.4) is 0 Å². The molecule has 22 heavy (non-hydrogen) atoms. The molecule has 0 aliphatic carbocycles. The highest BCUT2D eigenvalue weighted by atomic mass is 35.5. The molecule has 0 aliphatic heterocycles. The molecule has 0 radical (unpaired) electrons. The van der Waals surface area contributed by atoms with Gasteiger partial charge in [-0.15, -0.1) is 0 Å². The Kier molecular flexibility index (Phi) is 5.17. The van der Waals surface area contributed by atoms with Gasteiger partial charge in [0.05, 0.1) is 0 Å². The minimum atomic E-state index is -1.41. The molecule has 0 amide bonds. The van der Waals surface area contributed by atoms with Crippen molar-refractivity contribution in [3.63, 3.8) is 0 Å². The maximum atomic E-state index is 13.8. The molecule has 0 unspecified atom stereocenters. The summed E-state index contributed by atoms with van der Waals surface area (Å²) < 4.78 is 13.8. The zero-order valence-corrected chi connectivity index (χ0v) is 12.3. The van der Waals surface area contributed by atoms with E-state index in [0.29, 0.717) is 16.1 Å². The van der Waals surface area contributed by atoms with E-state index in [2.05, 4.69) is 0 Å². The van der Waals surface area contributed by atoms with Crippen molar-refractivity contribution in [3.8, 4) is 0 Å². The van der Waals surface area contributed by atoms with E-state index in [0.717, 1.165) is 0 Å². The molecular formula is C17H14ClFO3. The summed E-state index contributed by atoms with van der Waals surface area (Å²) >= 11 is 5.70. The van der Waals surface area contributed by atoms with Crippen molar-refractivity contribution in [2.75, 3.05) is 0 Å². The van der Waals surface area contributed by atoms with Crippen LogP contribution in [0.1, 0.15) is 17.5 Å². The number of carbonyl (C=O) groups is 1. The topological polar surface area (TPSA) is 57.5 Å². The van der Waals surface area contributed by atoms with Gasteiger partial charge in [0.2, 0.25) is 5.76 Å². The number of aliphatic carboxylic acids is 1. The highest BCUT2D eigenvalue weighted by Crippen LogP contribution is 2.25. The summed E-state index contributed by atoms with van der Waals surface area (Å²) in [5, 5.41) is 19.1. The summed E-state index contributed by atoms with van der Waals surface area (Å²) in [6.07, 6.45) is 0.450. The summed E-state index contributed by atoms with van der Waals surface area (Å²) in [5.41, 5.74) is 1.27. The van der Waals surface area contributed by atoms with E-state index in [-0.39, 0.29) is 18.4 Å². The van der Waals surface area contributed by atoms with Gasteiger partial charge in [0.15, 0.2) is 0 Å². The van der Waals surface area contributed by atoms with Gasteiger partial charge < -0.3 is 10.2 Å². The molecule has 2 aromatic carbocycles. The number of aryl methyl sites for hydroxylation is 1. The van der Waals surface area contributed by atoms with Crippen LogP contribution in [0.4, 0.5) is 4.39 Å². The summed E-state index contributed by atoms with van der Waals surface area (Å²) in [5.74, 6) is -2.58. The van der Waals surface area contributed by atoms with Crippen LogP contribution < -0.4 is 0 Å². The zero-order chi connectivity index (χ0) is 16.1. The van der Waals surface area contributed by atoms with Crippen LogP contribution in [0, 0.1) is 5.82 Å². The Morgan fingerprint density at radius 1 is 1.09 bits per heavy atom. The first-order valence-electron chi connectivity index (χ1n) is 6.64. The summed E-state index contributed by atoms with van der Waals surface area (Å²) in [6.45, 7) is 0. The molecule has 2 N–H and O–H groups in total. The molecule has 0 spiro atoms. The maximum absolute atomic E-state index is 13.8. The normalized spacial score (nSPS) is 11.9. The van der Waals surface area contributed by atoms with Gasteiger partial charge in [0.1, 0.15) is 5.82 Å². The van der Waals surface area contributed by atoms with E-state index < -0.39 is 17.5 Å². The maximum Gasteiger partial charge on any atom is 0.371 e. The second-order valence-electron chi connectivity index (χ2n) is 4.73. The predicted molar refractivity (Wildman–Crippen MR) is 83.4 cm³/mol. The van der Waals surface area contributed by atoms with E-state index in [1.54, 1.807) is 42.5 Å². The van der Waals surface area contributed by atoms with Gasteiger partial charge in [-0.25, -0.2) is 9.18 Å². The summed E-state index contributed by atoms with van der Waals surface area (Å²) in [7, 11) is 0. The highest BCUT2D eigenvalue weighted by Gasteiger charge is 2.15. The zero-order valence-electron chi connectivity index (χ0n) is 11.6. The van der Waals surface area contributed by atoms with Crippen LogP contribution in [0.25, 0.3) is 5.57 Å². The Balaban J connectivity index is 2.29. The number of allylic oxidation sites excluding steroid dienone is 1. The van der Waals surface area contributed by atoms with Gasteiger partial charge in [-0.2, -0.15) is 0 Å². The van der Waals surface area contributed by atoms with Gasteiger partial charge >= 0.3 is 5.97 Å². The fourth-order valence-electron chi connectivity index (χ4n) is 2.15. The van der Waals surface area contributed by atoms with E-state index >= 15 is 0 Å². The molecular weight excluding hydrogens is 307 g/mol. The Morgan fingerprint density at radius 3 is 2.36 bits per heavy atom. The fourth-order valence-corrected chi connectivity index (χ4v) is 2.31. The first-order valence-corrected chi connectivity index (χ1v) is 7.01. The average Bonchev–Trinajstić information content (AvgIpc) is 2.50. The number of aliphatic hydroxyl groups excluding tert-OH is 1. The van der Waals surface area contributed by atoms with Crippen molar-refractivity contribution >= 4 is 23.1 Å². The number of aliphatic hydroxyl groups is 1. The summed E-state index contributed by atoms with van der Waals surface area (Å²) in [4.78, 5) is 11.0. The molecule has 5 heteroatoms. The van der Waals surface area contributed by atoms with Gasteiger partial charge in [-0.05, 0) is 36.1 Å². The van der Waals surface area contributed by atoms with Crippen molar-refractivity contribution in [3.05, 3.63) is 76.3 Å². The van der Waals surface area contributed by atoms with Crippen LogP contribution in [-0.4, -0.2) is 16.2 Å². The highest BCUT2D eigenvalue weighted by molar-refractivity contribution is 6.30. The van der Waals surface area contributed by atoms with Crippen LogP contribution in [0.5, 0.6) is 0 Å². The first-order chi connectivity index (χ1) is 10.5. The standard InChI is InChI=1S/C17H14ClFO3/c18-13-8-6-12(15(19)10-13)7-9-14(16(20)17(21)22)11-4-2-1-3-5-11/h1-6,8,10,20H,7,9H2,(H,21,22)/b16-14+. The molecule has 3 nitrogen and oxygen atoms in total. The molecule has 0 saturated heterocycles. The van der Waals surface area contributed by atoms with Crippen molar-refractivity contribution < 1.29 is 19.4 Å². The van der Waals surface area contributed by atoms with E-state index in [9.17, 15) is 14.3 Å². The lowest BCUT2D eigenvalue weighted by Crippen LogP contribution is -2.05. The monoisotopic (exact) mass is 320 g/mol. The Morgan fingerprint density at radius 2 is 1.77 bits per heavy atom. The van der Waals surface area contributed by atoms with Crippen LogP contribution in [0.15, 0.2) is 54.3 Å². The van der Waals surface area contributed by atoms with E-state index in [4.69, 9.17) is 16.7 Å². The minimum Gasteiger partial charge on any atom is -0.502 e. The first kappa shape index (κ1) is 16.0. The van der Waals surface area contributed by atoms with Gasteiger partial charge in [-0.1, -0.05) is 48.0 Å². The lowest BCUT2D eigenvalue weighted by atomic mass is 9.97. The largest absolute Gasteiger partial charge is 0.502 e. The molecule has 0 bridgehead atoms. The molecule has 0 aliphatic rings. The second-order valence-corrected chi connectivity index (χ2v) is 5.17. The average molecular weight is 321 g/mol. The second kappa shape index (κ2) is 7.09. The molecule has 2 aromatic rings. The van der Waals surface area contributed by atoms with Crippen LogP contribution >= 0.6 is 11.6 Å². The number of carboxylic acids is 1. The van der Waals surface area contributed by atoms with Crippen molar-refractivity contribution in [2.45, 2.75) is 12.8 Å². The van der Waals surface area contributed by atoms with Crippen molar-refractivity contribution in [1.82, 2.24) is 0 Å². The Bertz CT molecular complexity index is 711. The number of benzene rings is 2. The van der Waals surface area contributed by atoms with Gasteiger partial charge in [-0.3, -0.25) is 0 Å². The lowest BCUT2D eigenvalue weighted by Gasteiger charge is -2.10. The number of halogens is 2. The van der Waals surface area contributed by atoms with Gasteiger partial charge in [0.25, 0.3) is 0 Å². The molecule has 2 rings (SSSR count). The predicted octanol–water partition coefficient (Wildman–Crippen LogP) is 4.47. The lowest BCUT2D eigenvalue weighted by molar-refractivity contribution is -0.135. The number of rotatable bonds is 5. The smallest absolute Gasteiger partial charge is 0.371 e. The number of hydrogen-bond acceptors (Lipinski definition) is 2. The Hall–Kier alpha value is -2.33. The number of hydrogen-bond donors (Lipinski definition) is 2. The Labute approximate surface area is 132 Å². The number of carboxylic acid groups (broad SMARTS) is 1. The SMILES string of the molecule is O=C(O)/C(O)=C(/CCc1ccc(Cl)cc1F)c1ccccc1. The third-order valence-electron chi connectivity index (χ3n) is 3.27. The fraction of sp³-hybridized carbons (Fsp3) is 0.118. The van der Waals surface area contributed by atoms with Crippen LogP contribution in [-0.2, 0) is 11.2 Å².